The minimum Gasteiger partial charge on any atom is -0.376 e. The smallest absolute Gasteiger partial charge is 0.261 e. The third-order valence-electron chi connectivity index (χ3n) is 6.17. The molecule has 1 aliphatic heterocycles. The van der Waals surface area contributed by atoms with Gasteiger partial charge in [0.25, 0.3) is 5.91 Å². The molecule has 2 saturated carbocycles. The van der Waals surface area contributed by atoms with Gasteiger partial charge in [0.15, 0.2) is 0 Å². The number of nitrogens with one attached hydrogen (secondary N) is 1. The van der Waals surface area contributed by atoms with Gasteiger partial charge in [-0.25, -0.2) is 0 Å². The Kier molecular flexibility index (Phi) is 6.12. The number of nitrogens with zero attached hydrogens (tertiary/aromatic N) is 1. The lowest BCUT2D eigenvalue weighted by molar-refractivity contribution is -0.0211. The summed E-state index contributed by atoms with van der Waals surface area (Å²) in [6.45, 7) is 8.96. The Morgan fingerprint density at radius 2 is 2.04 bits per heavy atom. The molecular weight excluding hydrogens is 380 g/mol. The van der Waals surface area contributed by atoms with Crippen LogP contribution in [-0.4, -0.2) is 49.2 Å². The number of hydrogen-bond acceptors (Lipinski definition) is 4. The molecule has 150 valence electrons. The van der Waals surface area contributed by atoms with E-state index in [9.17, 15) is 4.79 Å². The van der Waals surface area contributed by atoms with Gasteiger partial charge < -0.3 is 15.0 Å². The Balaban J connectivity index is 1.41. The lowest BCUT2D eigenvalue weighted by atomic mass is 9.77. The Labute approximate surface area is 171 Å². The number of carbonyl (C=O) groups excluding carboxylic acids is 1. The quantitative estimate of drug-likeness (QED) is 0.728. The number of amides is 1. The predicted octanol–water partition coefficient (Wildman–Crippen LogP) is 4.29. The summed E-state index contributed by atoms with van der Waals surface area (Å²) in [5, 5.41) is 3.28. The highest BCUT2D eigenvalue weighted by atomic mass is 35.5. The first kappa shape index (κ1) is 19.7. The van der Waals surface area contributed by atoms with Crippen LogP contribution in [-0.2, 0) is 4.74 Å². The molecule has 1 aromatic heterocycles. The summed E-state index contributed by atoms with van der Waals surface area (Å²) in [4.78, 5) is 16.0. The van der Waals surface area contributed by atoms with Gasteiger partial charge in [0.1, 0.15) is 0 Å². The maximum Gasteiger partial charge on any atom is 0.261 e. The van der Waals surface area contributed by atoms with Gasteiger partial charge in [-0.05, 0) is 61.5 Å². The van der Waals surface area contributed by atoms with E-state index in [-0.39, 0.29) is 18.1 Å². The summed E-state index contributed by atoms with van der Waals surface area (Å²) in [7, 11) is 0. The molecule has 3 aliphatic rings. The molecule has 1 aromatic rings. The maximum atomic E-state index is 12.7. The first-order chi connectivity index (χ1) is 13.0. The van der Waals surface area contributed by atoms with Crippen molar-refractivity contribution in [3.63, 3.8) is 0 Å². The Hall–Kier alpha value is -0.620. The highest BCUT2D eigenvalue weighted by Crippen LogP contribution is 2.39. The van der Waals surface area contributed by atoms with Crippen molar-refractivity contribution in [2.75, 3.05) is 26.2 Å². The second-order valence-corrected chi connectivity index (χ2v) is 10.8. The summed E-state index contributed by atoms with van der Waals surface area (Å²) in [6, 6.07) is 3.71. The topological polar surface area (TPSA) is 41.6 Å². The van der Waals surface area contributed by atoms with Crippen molar-refractivity contribution in [1.82, 2.24) is 10.2 Å². The van der Waals surface area contributed by atoms with Crippen molar-refractivity contribution in [3.8, 4) is 0 Å². The number of thiophene rings is 1. The lowest BCUT2D eigenvalue weighted by Gasteiger charge is -2.38. The number of halogens is 1. The van der Waals surface area contributed by atoms with E-state index in [1.807, 2.05) is 6.07 Å². The molecule has 0 radical (unpaired) electrons. The van der Waals surface area contributed by atoms with Crippen LogP contribution in [0, 0.1) is 23.7 Å². The molecule has 2 heterocycles. The molecule has 0 aromatic carbocycles. The Bertz CT molecular complexity index is 660. The molecule has 6 heteroatoms. The molecule has 1 N–H and O–H groups in total. The van der Waals surface area contributed by atoms with E-state index in [1.54, 1.807) is 6.07 Å². The van der Waals surface area contributed by atoms with Gasteiger partial charge in [0, 0.05) is 26.2 Å². The fraction of sp³-hybridized carbons (Fsp3) is 0.762. The largest absolute Gasteiger partial charge is 0.376 e. The second kappa shape index (κ2) is 8.40. The van der Waals surface area contributed by atoms with Crippen molar-refractivity contribution in [2.45, 2.75) is 51.7 Å². The van der Waals surface area contributed by atoms with Crippen LogP contribution in [0.3, 0.4) is 0 Å². The number of likely N-dealkylation sites (tertiary alicyclic amines) is 1. The molecule has 4 rings (SSSR count). The first-order valence-electron chi connectivity index (χ1n) is 10.4. The molecule has 3 fully saturated rings. The number of fused-ring (bicyclic) bond motifs is 1. The molecule has 0 bridgehead atoms. The van der Waals surface area contributed by atoms with Crippen molar-refractivity contribution in [2.24, 2.45) is 23.7 Å². The van der Waals surface area contributed by atoms with Crippen LogP contribution in [0.5, 0.6) is 0 Å². The van der Waals surface area contributed by atoms with Gasteiger partial charge in [-0.2, -0.15) is 0 Å². The summed E-state index contributed by atoms with van der Waals surface area (Å²) in [6.07, 6.45) is 4.84. The van der Waals surface area contributed by atoms with Crippen LogP contribution in [0.1, 0.15) is 49.2 Å². The van der Waals surface area contributed by atoms with Crippen molar-refractivity contribution in [1.29, 1.82) is 0 Å². The first-order valence-corrected chi connectivity index (χ1v) is 11.6. The highest BCUT2D eigenvalue weighted by Gasteiger charge is 2.43. The average Bonchev–Trinajstić information content (AvgIpc) is 3.21. The number of ether oxygens (including phenoxy) is 1. The van der Waals surface area contributed by atoms with Crippen LogP contribution in [0.15, 0.2) is 12.1 Å². The van der Waals surface area contributed by atoms with Crippen molar-refractivity contribution in [3.05, 3.63) is 21.3 Å². The standard InChI is InChI=1S/C21H31ClN2O2S/c1-13(2)9-24-10-15-7-17(23-21(25)19-5-6-20(22)27-19)18(8-16(15)11-24)26-12-14-3-4-14/h5-6,13-18H,3-4,7-12H2,1-2H3,(H,23,25)/t15-,16+,17-,18-/m0/s1. The summed E-state index contributed by atoms with van der Waals surface area (Å²) in [5.41, 5.74) is 0. The van der Waals surface area contributed by atoms with Gasteiger partial charge >= 0.3 is 0 Å². The third kappa shape index (κ3) is 5.06. The Morgan fingerprint density at radius 3 is 2.67 bits per heavy atom. The van der Waals surface area contributed by atoms with E-state index in [0.29, 0.717) is 27.0 Å². The van der Waals surface area contributed by atoms with Crippen LogP contribution >= 0.6 is 22.9 Å². The fourth-order valence-electron chi connectivity index (χ4n) is 4.73. The fourth-order valence-corrected chi connectivity index (χ4v) is 5.68. The zero-order valence-electron chi connectivity index (χ0n) is 16.3. The summed E-state index contributed by atoms with van der Waals surface area (Å²) < 4.78 is 6.99. The molecular formula is C21H31ClN2O2S. The van der Waals surface area contributed by atoms with E-state index in [4.69, 9.17) is 16.3 Å². The van der Waals surface area contributed by atoms with Crippen LogP contribution in [0.4, 0.5) is 0 Å². The molecule has 2 aliphatic carbocycles. The number of hydrogen-bond donors (Lipinski definition) is 1. The van der Waals surface area contributed by atoms with Crippen LogP contribution < -0.4 is 5.32 Å². The summed E-state index contributed by atoms with van der Waals surface area (Å²) >= 11 is 7.35. The zero-order valence-corrected chi connectivity index (χ0v) is 17.9. The highest BCUT2D eigenvalue weighted by molar-refractivity contribution is 7.18. The maximum absolute atomic E-state index is 12.7. The molecule has 0 unspecified atom stereocenters. The van der Waals surface area contributed by atoms with E-state index in [1.165, 1.54) is 37.3 Å². The van der Waals surface area contributed by atoms with Crippen LogP contribution in [0.25, 0.3) is 0 Å². The van der Waals surface area contributed by atoms with E-state index >= 15 is 0 Å². The minimum absolute atomic E-state index is 0.00703. The third-order valence-corrected chi connectivity index (χ3v) is 7.40. The molecule has 1 amide bonds. The zero-order chi connectivity index (χ0) is 19.0. The Morgan fingerprint density at radius 1 is 1.30 bits per heavy atom. The van der Waals surface area contributed by atoms with Gasteiger partial charge in [-0.15, -0.1) is 11.3 Å². The van der Waals surface area contributed by atoms with Gasteiger partial charge in [0.05, 0.1) is 21.4 Å². The number of rotatable bonds is 7. The van der Waals surface area contributed by atoms with Gasteiger partial charge in [-0.3, -0.25) is 4.79 Å². The molecule has 4 atom stereocenters. The van der Waals surface area contributed by atoms with Crippen molar-refractivity contribution < 1.29 is 9.53 Å². The molecule has 1 saturated heterocycles. The van der Waals surface area contributed by atoms with Gasteiger partial charge in [0.2, 0.25) is 0 Å². The van der Waals surface area contributed by atoms with E-state index in [2.05, 4.69) is 24.1 Å². The normalized spacial score (nSPS) is 31.3. The monoisotopic (exact) mass is 410 g/mol. The van der Waals surface area contributed by atoms with Crippen molar-refractivity contribution >= 4 is 28.8 Å². The molecule has 4 nitrogen and oxygen atoms in total. The second-order valence-electron chi connectivity index (χ2n) is 9.10. The van der Waals surface area contributed by atoms with E-state index in [0.717, 1.165) is 31.9 Å². The molecule has 27 heavy (non-hydrogen) atoms. The van der Waals surface area contributed by atoms with E-state index < -0.39 is 0 Å². The SMILES string of the molecule is CC(C)CN1C[C@H]2C[C@H](OCC3CC3)[C@@H](NC(=O)c3ccc(Cl)s3)C[C@H]2C1. The van der Waals surface area contributed by atoms with Crippen LogP contribution in [0.2, 0.25) is 4.34 Å². The minimum atomic E-state index is -0.00703. The predicted molar refractivity (Wildman–Crippen MR) is 111 cm³/mol. The average molecular weight is 411 g/mol. The molecule has 0 spiro atoms. The lowest BCUT2D eigenvalue weighted by Crippen LogP contribution is -2.50. The number of carbonyl (C=O) groups is 1. The van der Waals surface area contributed by atoms with Gasteiger partial charge in [-0.1, -0.05) is 25.4 Å². The summed E-state index contributed by atoms with van der Waals surface area (Å²) in [5.74, 6) is 2.81.